The molecule has 0 fully saturated rings. The van der Waals surface area contributed by atoms with Gasteiger partial charge in [-0.3, -0.25) is 18.6 Å². The molecular formula is C48H82NO8P. The minimum absolute atomic E-state index is 0.0288. The molecule has 0 radical (unpaired) electrons. The SMILES string of the molecule is CC/C=C\C/C=C\C/C=C\C/C=C\C/C=C\CCCCCC(=O)OCC(COP(=O)(O)OCCNC)OC(=O)CCCCCCCCC/C=C\C/C=C\CCCCC. The van der Waals surface area contributed by atoms with Crippen LogP contribution in [0.3, 0.4) is 0 Å². The Bertz CT molecular complexity index is 1220. The molecule has 332 valence electrons. The molecule has 0 rings (SSSR count). The van der Waals surface area contributed by atoms with Crippen molar-refractivity contribution in [2.24, 2.45) is 0 Å². The van der Waals surface area contributed by atoms with Crippen LogP contribution in [-0.4, -0.2) is 56.3 Å². The summed E-state index contributed by atoms with van der Waals surface area (Å²) in [5.41, 5.74) is 0. The molecule has 2 atom stereocenters. The fourth-order valence-electron chi connectivity index (χ4n) is 5.61. The number of hydrogen-bond acceptors (Lipinski definition) is 8. The minimum atomic E-state index is -4.37. The van der Waals surface area contributed by atoms with Gasteiger partial charge in [-0.1, -0.05) is 150 Å². The van der Waals surface area contributed by atoms with Crippen molar-refractivity contribution in [1.29, 1.82) is 0 Å². The molecule has 0 amide bonds. The lowest BCUT2D eigenvalue weighted by Crippen LogP contribution is -2.29. The normalized spacial score (nSPS) is 14.1. The molecule has 0 aromatic rings. The van der Waals surface area contributed by atoms with Crippen LogP contribution in [-0.2, 0) is 32.7 Å². The van der Waals surface area contributed by atoms with Gasteiger partial charge in [-0.2, -0.15) is 0 Å². The van der Waals surface area contributed by atoms with E-state index < -0.39 is 32.5 Å². The van der Waals surface area contributed by atoms with Gasteiger partial charge in [-0.15, -0.1) is 0 Å². The van der Waals surface area contributed by atoms with Crippen molar-refractivity contribution in [2.75, 3.05) is 33.4 Å². The Morgan fingerprint density at radius 1 is 0.552 bits per heavy atom. The van der Waals surface area contributed by atoms with Gasteiger partial charge in [0.25, 0.3) is 0 Å². The molecule has 0 aliphatic rings. The summed E-state index contributed by atoms with van der Waals surface area (Å²) in [4.78, 5) is 35.1. The van der Waals surface area contributed by atoms with Gasteiger partial charge < -0.3 is 19.7 Å². The first kappa shape index (κ1) is 55.2. The van der Waals surface area contributed by atoms with Crippen LogP contribution >= 0.6 is 7.82 Å². The van der Waals surface area contributed by atoms with Crippen LogP contribution in [0.1, 0.15) is 168 Å². The number of hydrogen-bond donors (Lipinski definition) is 2. The number of nitrogens with one attached hydrogen (secondary N) is 1. The summed E-state index contributed by atoms with van der Waals surface area (Å²) >= 11 is 0. The number of phosphoric acid groups is 1. The molecule has 10 heteroatoms. The molecule has 0 heterocycles. The fourth-order valence-corrected chi connectivity index (χ4v) is 6.36. The highest BCUT2D eigenvalue weighted by molar-refractivity contribution is 7.47. The zero-order valence-corrected chi connectivity index (χ0v) is 37.6. The summed E-state index contributed by atoms with van der Waals surface area (Å²) in [5.74, 6) is -0.860. The van der Waals surface area contributed by atoms with Gasteiger partial charge in [-0.25, -0.2) is 4.57 Å². The number of esters is 2. The number of phosphoric ester groups is 1. The summed E-state index contributed by atoms with van der Waals surface area (Å²) in [6.07, 6.45) is 53.4. The number of allylic oxidation sites excluding steroid dienone is 14. The molecule has 0 bridgehead atoms. The highest BCUT2D eigenvalue weighted by Crippen LogP contribution is 2.43. The summed E-state index contributed by atoms with van der Waals surface area (Å²) in [5, 5.41) is 2.82. The molecule has 2 unspecified atom stereocenters. The van der Waals surface area contributed by atoms with E-state index in [-0.39, 0.29) is 26.1 Å². The van der Waals surface area contributed by atoms with Crippen molar-refractivity contribution in [3.8, 4) is 0 Å². The van der Waals surface area contributed by atoms with Crippen LogP contribution in [0.2, 0.25) is 0 Å². The lowest BCUT2D eigenvalue weighted by atomic mass is 10.1. The van der Waals surface area contributed by atoms with Gasteiger partial charge in [-0.05, 0) is 96.9 Å². The largest absolute Gasteiger partial charge is 0.472 e. The topological polar surface area (TPSA) is 120 Å². The van der Waals surface area contributed by atoms with E-state index in [0.29, 0.717) is 19.4 Å². The van der Waals surface area contributed by atoms with Crippen molar-refractivity contribution in [3.63, 3.8) is 0 Å². The van der Waals surface area contributed by atoms with E-state index in [1.165, 1.54) is 44.9 Å². The smallest absolute Gasteiger partial charge is 0.462 e. The number of rotatable bonds is 41. The first-order valence-corrected chi connectivity index (χ1v) is 24.0. The Morgan fingerprint density at radius 2 is 0.983 bits per heavy atom. The third kappa shape index (κ3) is 42.8. The van der Waals surface area contributed by atoms with Crippen LogP contribution < -0.4 is 5.32 Å². The Balaban J connectivity index is 4.30. The standard InChI is InChI=1S/C48H82NO8P/c1-4-6-8-10-12-14-16-18-20-22-23-25-26-28-30-32-34-36-38-40-47(50)54-44-46(45-56-58(52,53)55-43-42-49-3)57-48(51)41-39-37-35-33-31-29-27-24-21-19-17-15-13-11-9-7-5-2/h6,8,12-15,18-21,23,25,28,30,46,49H,4-5,7,9-11,16-17,22,24,26-27,29,31-45H2,1-3H3,(H,52,53)/b8-6-,14-12-,15-13-,20-18-,21-19-,25-23-,30-28-. The molecule has 0 saturated carbocycles. The second kappa shape index (κ2) is 43.8. The number of likely N-dealkylation sites (N-methyl/N-ethyl adjacent to an activating group) is 1. The maximum Gasteiger partial charge on any atom is 0.472 e. The zero-order chi connectivity index (χ0) is 42.5. The van der Waals surface area contributed by atoms with E-state index in [0.717, 1.165) is 83.5 Å². The fraction of sp³-hybridized carbons (Fsp3) is 0.667. The second-order valence-corrected chi connectivity index (χ2v) is 15.9. The second-order valence-electron chi connectivity index (χ2n) is 14.5. The molecule has 0 saturated heterocycles. The molecule has 2 N–H and O–H groups in total. The van der Waals surface area contributed by atoms with E-state index in [4.69, 9.17) is 18.5 Å². The van der Waals surface area contributed by atoms with Gasteiger partial charge in [0, 0.05) is 19.4 Å². The highest BCUT2D eigenvalue weighted by Gasteiger charge is 2.26. The predicted octanol–water partition coefficient (Wildman–Crippen LogP) is 13.1. The number of ether oxygens (including phenoxy) is 2. The zero-order valence-electron chi connectivity index (χ0n) is 36.7. The van der Waals surface area contributed by atoms with E-state index >= 15 is 0 Å². The van der Waals surface area contributed by atoms with Gasteiger partial charge in [0.1, 0.15) is 6.61 Å². The minimum Gasteiger partial charge on any atom is -0.462 e. The molecule has 0 aliphatic heterocycles. The van der Waals surface area contributed by atoms with Crippen molar-refractivity contribution < 1.29 is 37.6 Å². The van der Waals surface area contributed by atoms with E-state index in [2.05, 4.69) is 104 Å². The highest BCUT2D eigenvalue weighted by atomic mass is 31.2. The Kier molecular flexibility index (Phi) is 41.6. The monoisotopic (exact) mass is 832 g/mol. The van der Waals surface area contributed by atoms with E-state index in [1.54, 1.807) is 7.05 Å². The average Bonchev–Trinajstić information content (AvgIpc) is 3.21. The molecule has 9 nitrogen and oxygen atoms in total. The van der Waals surface area contributed by atoms with Crippen LogP contribution in [0.25, 0.3) is 0 Å². The third-order valence-electron chi connectivity index (χ3n) is 9.00. The maximum absolute atomic E-state index is 12.6. The molecule has 0 spiro atoms. The number of unbranched alkanes of at least 4 members (excludes halogenated alkanes) is 13. The van der Waals surface area contributed by atoms with Crippen LogP contribution in [0.4, 0.5) is 0 Å². The third-order valence-corrected chi connectivity index (χ3v) is 9.98. The first-order chi connectivity index (χ1) is 28.3. The molecule has 0 aromatic carbocycles. The van der Waals surface area contributed by atoms with Crippen LogP contribution in [0.5, 0.6) is 0 Å². The van der Waals surface area contributed by atoms with Crippen molar-refractivity contribution in [2.45, 2.75) is 174 Å². The number of carbonyl (C=O) groups excluding carboxylic acids is 2. The summed E-state index contributed by atoms with van der Waals surface area (Å²) in [7, 11) is -2.67. The van der Waals surface area contributed by atoms with Crippen molar-refractivity contribution in [3.05, 3.63) is 85.1 Å². The van der Waals surface area contributed by atoms with Gasteiger partial charge >= 0.3 is 19.8 Å². The lowest BCUT2D eigenvalue weighted by Gasteiger charge is -2.20. The Hall–Kier alpha value is -2.81. The molecule has 58 heavy (non-hydrogen) atoms. The van der Waals surface area contributed by atoms with E-state index in [1.807, 2.05) is 0 Å². The molecule has 0 aromatic heterocycles. The van der Waals surface area contributed by atoms with Crippen molar-refractivity contribution >= 4 is 19.8 Å². The molecular weight excluding hydrogens is 750 g/mol. The van der Waals surface area contributed by atoms with Gasteiger partial charge in [0.2, 0.25) is 0 Å². The lowest BCUT2D eigenvalue weighted by molar-refractivity contribution is -0.161. The summed E-state index contributed by atoms with van der Waals surface area (Å²) in [6.45, 7) is 4.02. The average molecular weight is 832 g/mol. The maximum atomic E-state index is 12.6. The van der Waals surface area contributed by atoms with Crippen LogP contribution in [0.15, 0.2) is 85.1 Å². The Morgan fingerprint density at radius 3 is 1.48 bits per heavy atom. The first-order valence-electron chi connectivity index (χ1n) is 22.5. The quantitative estimate of drug-likeness (QED) is 0.0268. The van der Waals surface area contributed by atoms with Crippen molar-refractivity contribution in [1.82, 2.24) is 5.32 Å². The summed E-state index contributed by atoms with van der Waals surface area (Å²) < 4.78 is 33.2. The van der Waals surface area contributed by atoms with Gasteiger partial charge in [0.15, 0.2) is 6.10 Å². The number of carbonyl (C=O) groups is 2. The van der Waals surface area contributed by atoms with Gasteiger partial charge in [0.05, 0.1) is 13.2 Å². The van der Waals surface area contributed by atoms with Crippen LogP contribution in [0, 0.1) is 0 Å². The predicted molar refractivity (Wildman–Crippen MR) is 243 cm³/mol. The Labute approximate surface area is 354 Å². The van der Waals surface area contributed by atoms with E-state index in [9.17, 15) is 19.0 Å². The molecule has 0 aliphatic carbocycles. The summed E-state index contributed by atoms with van der Waals surface area (Å²) in [6, 6.07) is 0.